The summed E-state index contributed by atoms with van der Waals surface area (Å²) in [6.07, 6.45) is 0.554. The fraction of sp³-hybridized carbons (Fsp3) is 0.588. The van der Waals surface area contributed by atoms with Gasteiger partial charge in [0.25, 0.3) is 0 Å². The van der Waals surface area contributed by atoms with E-state index in [1.807, 2.05) is 18.9 Å². The molecule has 128 valence electrons. The first kappa shape index (κ1) is 17.8. The van der Waals surface area contributed by atoms with Crippen molar-refractivity contribution in [2.45, 2.75) is 25.5 Å². The van der Waals surface area contributed by atoms with E-state index in [2.05, 4.69) is 0 Å². The van der Waals surface area contributed by atoms with E-state index >= 15 is 0 Å². The van der Waals surface area contributed by atoms with Gasteiger partial charge in [-0.3, -0.25) is 9.69 Å². The number of ether oxygens (including phenoxy) is 1. The third kappa shape index (κ3) is 5.27. The van der Waals surface area contributed by atoms with Gasteiger partial charge in [-0.05, 0) is 38.1 Å². The Hall–Kier alpha value is -1.50. The number of carbonyl (C=O) groups is 1. The number of hydrogen-bond acceptors (Lipinski definition) is 4. The summed E-state index contributed by atoms with van der Waals surface area (Å²) in [4.78, 5) is 15.6. The molecule has 0 bridgehead atoms. The number of likely N-dealkylation sites (tertiary alicyclic amines) is 1. The molecule has 1 aliphatic heterocycles. The van der Waals surface area contributed by atoms with E-state index < -0.39 is 5.60 Å². The smallest absolute Gasteiger partial charge is 0.248 e. The van der Waals surface area contributed by atoms with E-state index in [0.29, 0.717) is 39.2 Å². The highest BCUT2D eigenvalue weighted by atomic mass is 19.1. The first-order valence-electron chi connectivity index (χ1n) is 7.93. The number of β-amino-alcohol motifs (C(OH)–C–C–N with tert-alkyl or cyclic N) is 1. The van der Waals surface area contributed by atoms with Crippen LogP contribution in [0.2, 0.25) is 0 Å². The van der Waals surface area contributed by atoms with Crippen LogP contribution in [0.25, 0.3) is 0 Å². The quantitative estimate of drug-likeness (QED) is 0.820. The molecule has 1 aromatic rings. The molecular weight excluding hydrogens is 299 g/mol. The minimum absolute atomic E-state index is 0.0675. The van der Waals surface area contributed by atoms with Gasteiger partial charge in [-0.15, -0.1) is 0 Å². The van der Waals surface area contributed by atoms with E-state index in [9.17, 15) is 14.3 Å². The zero-order valence-corrected chi connectivity index (χ0v) is 13.8. The first-order valence-corrected chi connectivity index (χ1v) is 7.93. The maximum absolute atomic E-state index is 12.9. The molecule has 0 saturated carbocycles. The monoisotopic (exact) mass is 324 g/mol. The predicted molar refractivity (Wildman–Crippen MR) is 85.4 cm³/mol. The lowest BCUT2D eigenvalue weighted by molar-refractivity contribution is -0.136. The molecule has 0 unspecified atom stereocenters. The Morgan fingerprint density at radius 2 is 2.13 bits per heavy atom. The van der Waals surface area contributed by atoms with Crippen LogP contribution in [0.1, 0.15) is 18.9 Å². The molecule has 0 spiro atoms. The number of halogens is 1. The minimum Gasteiger partial charge on any atom is -0.387 e. The summed E-state index contributed by atoms with van der Waals surface area (Å²) in [5.74, 6) is -0.335. The number of benzene rings is 1. The second-order valence-corrected chi connectivity index (χ2v) is 6.23. The third-order valence-electron chi connectivity index (χ3n) is 4.04. The molecule has 6 heteroatoms. The van der Waals surface area contributed by atoms with E-state index in [-0.39, 0.29) is 18.3 Å². The summed E-state index contributed by atoms with van der Waals surface area (Å²) >= 11 is 0. The van der Waals surface area contributed by atoms with Gasteiger partial charge in [-0.1, -0.05) is 12.1 Å². The van der Waals surface area contributed by atoms with Crippen LogP contribution in [0, 0.1) is 5.82 Å². The van der Waals surface area contributed by atoms with Crippen molar-refractivity contribution < 1.29 is 19.0 Å². The number of nitrogens with zero attached hydrogens (tertiary/aromatic N) is 2. The zero-order valence-electron chi connectivity index (χ0n) is 13.8. The number of aliphatic hydroxyl groups is 1. The van der Waals surface area contributed by atoms with E-state index in [1.54, 1.807) is 17.0 Å². The lowest BCUT2D eigenvalue weighted by atomic mass is 10.0. The lowest BCUT2D eigenvalue weighted by Gasteiger charge is -2.29. The maximum Gasteiger partial charge on any atom is 0.248 e. The lowest BCUT2D eigenvalue weighted by Crippen LogP contribution is -2.44. The molecule has 5 nitrogen and oxygen atoms in total. The SMILES string of the molecule is CCOCC(=O)N1CC[C@](O)(CN(C)Cc2ccc(F)cc2)C1. The first-order chi connectivity index (χ1) is 10.9. The van der Waals surface area contributed by atoms with Crippen molar-refractivity contribution in [3.63, 3.8) is 0 Å². The predicted octanol–water partition coefficient (Wildman–Crippen LogP) is 1.26. The van der Waals surface area contributed by atoms with Gasteiger partial charge in [0.05, 0.1) is 12.1 Å². The molecule has 0 aliphatic carbocycles. The second-order valence-electron chi connectivity index (χ2n) is 6.23. The molecule has 23 heavy (non-hydrogen) atoms. The summed E-state index contributed by atoms with van der Waals surface area (Å²) in [5.41, 5.74) is 0.0798. The van der Waals surface area contributed by atoms with Crippen molar-refractivity contribution in [1.82, 2.24) is 9.80 Å². The average Bonchev–Trinajstić information content (AvgIpc) is 2.89. The highest BCUT2D eigenvalue weighted by Crippen LogP contribution is 2.23. The van der Waals surface area contributed by atoms with Crippen molar-refractivity contribution in [1.29, 1.82) is 0 Å². The molecule has 1 fully saturated rings. The topological polar surface area (TPSA) is 53.0 Å². The number of rotatable bonds is 7. The molecule has 1 saturated heterocycles. The minimum atomic E-state index is -0.906. The van der Waals surface area contributed by atoms with Crippen molar-refractivity contribution in [2.24, 2.45) is 0 Å². The number of likely N-dealkylation sites (N-methyl/N-ethyl adjacent to an activating group) is 1. The molecule has 1 atom stereocenters. The summed E-state index contributed by atoms with van der Waals surface area (Å²) in [6, 6.07) is 6.34. The van der Waals surface area contributed by atoms with Crippen molar-refractivity contribution >= 4 is 5.91 Å². The third-order valence-corrected chi connectivity index (χ3v) is 4.04. The summed E-state index contributed by atoms with van der Waals surface area (Å²) in [6.45, 7) is 4.37. The van der Waals surface area contributed by atoms with Gasteiger partial charge in [0.15, 0.2) is 0 Å². The van der Waals surface area contributed by atoms with Gasteiger partial charge >= 0.3 is 0 Å². The van der Waals surface area contributed by atoms with Gasteiger partial charge in [0.1, 0.15) is 12.4 Å². The Morgan fingerprint density at radius 3 is 2.78 bits per heavy atom. The molecule has 0 aromatic heterocycles. The molecule has 1 amide bonds. The van der Waals surface area contributed by atoms with Gasteiger partial charge in [-0.2, -0.15) is 0 Å². The van der Waals surface area contributed by atoms with Crippen LogP contribution in [0.3, 0.4) is 0 Å². The van der Waals surface area contributed by atoms with Crippen molar-refractivity contribution in [2.75, 3.05) is 39.9 Å². The van der Waals surface area contributed by atoms with Crippen LogP contribution in [-0.4, -0.2) is 66.3 Å². The largest absolute Gasteiger partial charge is 0.387 e. The van der Waals surface area contributed by atoms with E-state index in [1.165, 1.54) is 12.1 Å². The summed E-state index contributed by atoms with van der Waals surface area (Å²) in [5, 5.41) is 10.7. The normalized spacial score (nSPS) is 21.2. The van der Waals surface area contributed by atoms with Crippen LogP contribution < -0.4 is 0 Å². The average molecular weight is 324 g/mol. The Morgan fingerprint density at radius 1 is 1.43 bits per heavy atom. The van der Waals surface area contributed by atoms with Crippen LogP contribution in [-0.2, 0) is 16.1 Å². The number of amides is 1. The maximum atomic E-state index is 12.9. The van der Waals surface area contributed by atoms with E-state index in [4.69, 9.17) is 4.74 Å². The molecule has 2 rings (SSSR count). The van der Waals surface area contributed by atoms with Gasteiger partial charge < -0.3 is 14.7 Å². The number of carbonyl (C=O) groups excluding carboxylic acids is 1. The molecule has 0 radical (unpaired) electrons. The Balaban J connectivity index is 1.84. The van der Waals surface area contributed by atoms with Crippen LogP contribution in [0.15, 0.2) is 24.3 Å². The highest BCUT2D eigenvalue weighted by Gasteiger charge is 2.38. The number of hydrogen-bond donors (Lipinski definition) is 1. The van der Waals surface area contributed by atoms with Crippen LogP contribution in [0.4, 0.5) is 4.39 Å². The Kier molecular flexibility index (Phi) is 6.10. The standard InChI is InChI=1S/C17H25FN2O3/c1-3-23-11-16(21)20-9-8-17(22,13-20)12-19(2)10-14-4-6-15(18)7-5-14/h4-7,22H,3,8-13H2,1-2H3/t17-/m0/s1. The fourth-order valence-corrected chi connectivity index (χ4v) is 2.94. The highest BCUT2D eigenvalue weighted by molar-refractivity contribution is 5.77. The second kappa shape index (κ2) is 7.86. The Labute approximate surface area is 136 Å². The van der Waals surface area contributed by atoms with Crippen molar-refractivity contribution in [3.05, 3.63) is 35.6 Å². The molecular formula is C17H25FN2O3. The summed E-state index contributed by atoms with van der Waals surface area (Å²) in [7, 11) is 1.91. The summed E-state index contributed by atoms with van der Waals surface area (Å²) < 4.78 is 18.1. The zero-order chi connectivity index (χ0) is 16.9. The fourth-order valence-electron chi connectivity index (χ4n) is 2.94. The molecule has 1 heterocycles. The van der Waals surface area contributed by atoms with E-state index in [0.717, 1.165) is 5.56 Å². The molecule has 1 aliphatic rings. The van der Waals surface area contributed by atoms with Crippen LogP contribution >= 0.6 is 0 Å². The molecule has 1 N–H and O–H groups in total. The van der Waals surface area contributed by atoms with Crippen molar-refractivity contribution in [3.8, 4) is 0 Å². The van der Waals surface area contributed by atoms with Gasteiger partial charge in [-0.25, -0.2) is 4.39 Å². The van der Waals surface area contributed by atoms with Crippen LogP contribution in [0.5, 0.6) is 0 Å². The van der Waals surface area contributed by atoms with Gasteiger partial charge in [0.2, 0.25) is 5.91 Å². The molecule has 1 aromatic carbocycles. The Bertz CT molecular complexity index is 523. The van der Waals surface area contributed by atoms with Gasteiger partial charge in [0, 0.05) is 26.2 Å².